The first-order valence-electron chi connectivity index (χ1n) is 5.26. The Hall–Kier alpha value is 0.400. The van der Waals surface area contributed by atoms with E-state index in [-0.39, 0.29) is 0 Å². The van der Waals surface area contributed by atoms with Crippen LogP contribution in [0.1, 0.15) is 25.7 Å². The number of likely N-dealkylation sites (tertiary alicyclic amines) is 1. The van der Waals surface area contributed by atoms with Gasteiger partial charge < -0.3 is 10.0 Å². The van der Waals surface area contributed by atoms with Gasteiger partial charge in [-0.05, 0) is 44.7 Å². The summed E-state index contributed by atoms with van der Waals surface area (Å²) in [5, 5.41) is 9.93. The molecule has 1 N–H and O–H groups in total. The smallest absolute Gasteiger partial charge is 0.0434 e. The van der Waals surface area contributed by atoms with Crippen molar-refractivity contribution in [3.8, 4) is 0 Å². The fraction of sp³-hybridized carbons (Fsp3) is 1.00. The quantitative estimate of drug-likeness (QED) is 0.574. The molecule has 0 radical (unpaired) electrons. The Morgan fingerprint density at radius 3 is 2.92 bits per heavy atom. The van der Waals surface area contributed by atoms with Crippen LogP contribution >= 0.6 is 15.9 Å². The molecule has 78 valence electrons. The number of nitrogens with zero attached hydrogens (tertiary/aromatic N) is 1. The van der Waals surface area contributed by atoms with Crippen molar-refractivity contribution in [3.63, 3.8) is 0 Å². The molecule has 1 heterocycles. The summed E-state index contributed by atoms with van der Waals surface area (Å²) in [6, 6.07) is 0. The fourth-order valence-electron chi connectivity index (χ4n) is 1.96. The van der Waals surface area contributed by atoms with Crippen molar-refractivity contribution in [1.29, 1.82) is 0 Å². The molecule has 0 aromatic rings. The second kappa shape index (κ2) is 6.80. The minimum atomic E-state index is 0.361. The molecule has 0 aliphatic carbocycles. The number of rotatable bonds is 6. The summed E-state index contributed by atoms with van der Waals surface area (Å²) in [6.07, 6.45) is 4.86. The van der Waals surface area contributed by atoms with Gasteiger partial charge in [0.15, 0.2) is 0 Å². The summed E-state index contributed by atoms with van der Waals surface area (Å²) in [4.78, 5) is 2.53. The zero-order valence-corrected chi connectivity index (χ0v) is 9.80. The van der Waals surface area contributed by atoms with Crippen molar-refractivity contribution in [1.82, 2.24) is 4.90 Å². The van der Waals surface area contributed by atoms with Gasteiger partial charge in [-0.2, -0.15) is 0 Å². The highest BCUT2D eigenvalue weighted by atomic mass is 79.9. The lowest BCUT2D eigenvalue weighted by molar-refractivity contribution is 0.250. The topological polar surface area (TPSA) is 23.5 Å². The van der Waals surface area contributed by atoms with Crippen molar-refractivity contribution in [2.45, 2.75) is 25.7 Å². The lowest BCUT2D eigenvalue weighted by atomic mass is 10.1. The summed E-state index contributed by atoms with van der Waals surface area (Å²) in [7, 11) is 0. The molecule has 2 nitrogen and oxygen atoms in total. The molecule has 0 amide bonds. The molecule has 13 heavy (non-hydrogen) atoms. The van der Waals surface area contributed by atoms with Crippen molar-refractivity contribution < 1.29 is 5.11 Å². The van der Waals surface area contributed by atoms with Crippen LogP contribution in [0, 0.1) is 5.92 Å². The number of alkyl halides is 1. The number of aliphatic hydroxyl groups is 1. The Morgan fingerprint density at radius 1 is 1.38 bits per heavy atom. The van der Waals surface area contributed by atoms with Crippen LogP contribution in [-0.2, 0) is 0 Å². The highest BCUT2D eigenvalue weighted by Gasteiger charge is 2.20. The Morgan fingerprint density at radius 2 is 2.23 bits per heavy atom. The van der Waals surface area contributed by atoms with Gasteiger partial charge in [-0.1, -0.05) is 15.9 Å². The zero-order chi connectivity index (χ0) is 9.52. The van der Waals surface area contributed by atoms with Crippen LogP contribution in [0.25, 0.3) is 0 Å². The van der Waals surface area contributed by atoms with Gasteiger partial charge in [0, 0.05) is 18.5 Å². The molecule has 0 saturated carbocycles. The fourth-order valence-corrected chi connectivity index (χ4v) is 2.36. The SMILES string of the molecule is OCCC1CCN(CCCCBr)C1. The van der Waals surface area contributed by atoms with E-state index < -0.39 is 0 Å². The van der Waals surface area contributed by atoms with Crippen molar-refractivity contribution in [3.05, 3.63) is 0 Å². The number of hydrogen-bond donors (Lipinski definition) is 1. The highest BCUT2D eigenvalue weighted by molar-refractivity contribution is 9.09. The van der Waals surface area contributed by atoms with Gasteiger partial charge in [0.25, 0.3) is 0 Å². The van der Waals surface area contributed by atoms with E-state index >= 15 is 0 Å². The molecule has 1 rings (SSSR count). The van der Waals surface area contributed by atoms with Crippen LogP contribution in [0.5, 0.6) is 0 Å². The van der Waals surface area contributed by atoms with Crippen LogP contribution in [0.15, 0.2) is 0 Å². The molecule has 0 aromatic carbocycles. The third-order valence-corrected chi connectivity index (χ3v) is 3.33. The van der Waals surface area contributed by atoms with Gasteiger partial charge in [0.2, 0.25) is 0 Å². The lowest BCUT2D eigenvalue weighted by Gasteiger charge is -2.14. The highest BCUT2D eigenvalue weighted by Crippen LogP contribution is 2.19. The molecule has 0 spiro atoms. The average Bonchev–Trinajstić information content (AvgIpc) is 2.54. The van der Waals surface area contributed by atoms with Crippen LogP contribution in [0.2, 0.25) is 0 Å². The van der Waals surface area contributed by atoms with Crippen LogP contribution < -0.4 is 0 Å². The Bertz CT molecular complexity index is 132. The molecule has 1 unspecified atom stereocenters. The molecule has 1 aliphatic rings. The molecule has 1 atom stereocenters. The first-order valence-corrected chi connectivity index (χ1v) is 6.38. The van der Waals surface area contributed by atoms with E-state index in [4.69, 9.17) is 5.11 Å². The third kappa shape index (κ3) is 4.43. The standard InChI is InChI=1S/C10H20BrNO/c11-5-1-2-6-12-7-3-10(9-12)4-8-13/h10,13H,1-9H2. The van der Waals surface area contributed by atoms with Gasteiger partial charge in [0.05, 0.1) is 0 Å². The molecule has 1 aliphatic heterocycles. The average molecular weight is 250 g/mol. The van der Waals surface area contributed by atoms with E-state index in [1.165, 1.54) is 38.9 Å². The molecule has 0 aromatic heterocycles. The number of aliphatic hydroxyl groups excluding tert-OH is 1. The maximum absolute atomic E-state index is 8.80. The predicted molar refractivity (Wildman–Crippen MR) is 59.3 cm³/mol. The van der Waals surface area contributed by atoms with Crippen molar-refractivity contribution >= 4 is 15.9 Å². The lowest BCUT2D eigenvalue weighted by Crippen LogP contribution is -2.22. The number of halogens is 1. The minimum absolute atomic E-state index is 0.361. The van der Waals surface area contributed by atoms with E-state index in [0.29, 0.717) is 6.61 Å². The minimum Gasteiger partial charge on any atom is -0.396 e. The van der Waals surface area contributed by atoms with E-state index in [0.717, 1.165) is 17.7 Å². The molecular weight excluding hydrogens is 230 g/mol. The summed E-state index contributed by atoms with van der Waals surface area (Å²) in [6.45, 7) is 4.06. The van der Waals surface area contributed by atoms with E-state index in [2.05, 4.69) is 20.8 Å². The Labute approximate surface area is 89.4 Å². The zero-order valence-electron chi connectivity index (χ0n) is 8.21. The van der Waals surface area contributed by atoms with Gasteiger partial charge in [-0.15, -0.1) is 0 Å². The van der Waals surface area contributed by atoms with Gasteiger partial charge >= 0.3 is 0 Å². The van der Waals surface area contributed by atoms with Gasteiger partial charge in [-0.3, -0.25) is 0 Å². The van der Waals surface area contributed by atoms with E-state index in [9.17, 15) is 0 Å². The first-order chi connectivity index (χ1) is 6.36. The second-order valence-corrected chi connectivity index (χ2v) is 4.66. The number of hydrogen-bond acceptors (Lipinski definition) is 2. The predicted octanol–water partition coefficient (Wildman–Crippen LogP) is 1.87. The Balaban J connectivity index is 2.03. The van der Waals surface area contributed by atoms with E-state index in [1.807, 2.05) is 0 Å². The molecular formula is C10H20BrNO. The van der Waals surface area contributed by atoms with Crippen molar-refractivity contribution in [2.75, 3.05) is 31.6 Å². The Kier molecular flexibility index (Phi) is 6.00. The summed E-state index contributed by atoms with van der Waals surface area (Å²) >= 11 is 3.44. The molecule has 3 heteroatoms. The van der Waals surface area contributed by atoms with Gasteiger partial charge in [0.1, 0.15) is 0 Å². The van der Waals surface area contributed by atoms with Crippen LogP contribution in [-0.4, -0.2) is 41.6 Å². The normalized spacial score (nSPS) is 24.0. The molecule has 1 saturated heterocycles. The summed E-state index contributed by atoms with van der Waals surface area (Å²) < 4.78 is 0. The maximum Gasteiger partial charge on any atom is 0.0434 e. The van der Waals surface area contributed by atoms with Crippen molar-refractivity contribution in [2.24, 2.45) is 5.92 Å². The van der Waals surface area contributed by atoms with Crippen LogP contribution in [0.3, 0.4) is 0 Å². The van der Waals surface area contributed by atoms with Gasteiger partial charge in [-0.25, -0.2) is 0 Å². The summed E-state index contributed by atoms with van der Waals surface area (Å²) in [5.74, 6) is 0.758. The third-order valence-electron chi connectivity index (χ3n) is 2.77. The maximum atomic E-state index is 8.80. The largest absolute Gasteiger partial charge is 0.396 e. The summed E-state index contributed by atoms with van der Waals surface area (Å²) in [5.41, 5.74) is 0. The first kappa shape index (κ1) is 11.5. The van der Waals surface area contributed by atoms with Crippen LogP contribution in [0.4, 0.5) is 0 Å². The molecule has 1 fully saturated rings. The number of unbranched alkanes of at least 4 members (excludes halogenated alkanes) is 1. The van der Waals surface area contributed by atoms with E-state index in [1.54, 1.807) is 0 Å². The second-order valence-electron chi connectivity index (χ2n) is 3.86. The monoisotopic (exact) mass is 249 g/mol. The molecule has 0 bridgehead atoms.